The molecule has 0 radical (unpaired) electrons. The van der Waals surface area contributed by atoms with Gasteiger partial charge in [-0.2, -0.15) is 4.98 Å². The Morgan fingerprint density at radius 1 is 0.968 bits per heavy atom. The van der Waals surface area contributed by atoms with Crippen molar-refractivity contribution in [2.24, 2.45) is 14.1 Å². The van der Waals surface area contributed by atoms with E-state index in [1.165, 1.54) is 34.2 Å². The summed E-state index contributed by atoms with van der Waals surface area (Å²) in [6.45, 7) is 1.02. The van der Waals surface area contributed by atoms with Crippen molar-refractivity contribution < 1.29 is 19.8 Å². The van der Waals surface area contributed by atoms with Gasteiger partial charge in [0.1, 0.15) is 0 Å². The van der Waals surface area contributed by atoms with Crippen molar-refractivity contribution in [2.75, 3.05) is 31.1 Å². The number of nitrogens with zero attached hydrogens (tertiary/aromatic N) is 6. The molecule has 1 aliphatic rings. The van der Waals surface area contributed by atoms with Crippen LogP contribution in [0.3, 0.4) is 0 Å². The fourth-order valence-electron chi connectivity index (χ4n) is 3.77. The molecule has 31 heavy (non-hydrogen) atoms. The van der Waals surface area contributed by atoms with Crippen molar-refractivity contribution in [2.45, 2.75) is 0 Å². The van der Waals surface area contributed by atoms with E-state index in [-0.39, 0.29) is 41.5 Å². The molecular formula is C19H20N6O6. The second kappa shape index (κ2) is 7.31. The van der Waals surface area contributed by atoms with Crippen molar-refractivity contribution in [1.29, 1.82) is 0 Å². The van der Waals surface area contributed by atoms with Crippen LogP contribution in [0.5, 0.6) is 0 Å². The molecule has 3 heterocycles. The summed E-state index contributed by atoms with van der Waals surface area (Å²) in [4.78, 5) is 56.2. The molecule has 1 aromatic carbocycles. The van der Waals surface area contributed by atoms with Crippen LogP contribution in [-0.4, -0.2) is 72.0 Å². The summed E-state index contributed by atoms with van der Waals surface area (Å²) >= 11 is 0. The molecule has 2 N–H and O–H groups in total. The van der Waals surface area contributed by atoms with Crippen LogP contribution in [0.2, 0.25) is 0 Å². The lowest BCUT2D eigenvalue weighted by atomic mass is 10.1. The van der Waals surface area contributed by atoms with E-state index in [1.807, 2.05) is 0 Å². The smallest absolute Gasteiger partial charge is 0.407 e. The number of aromatic carboxylic acids is 1. The molecule has 12 nitrogen and oxygen atoms in total. The summed E-state index contributed by atoms with van der Waals surface area (Å²) < 4.78 is 3.61. The number of piperazine rings is 1. The third-order valence-electron chi connectivity index (χ3n) is 5.45. The summed E-state index contributed by atoms with van der Waals surface area (Å²) in [5.41, 5.74) is -0.804. The average Bonchev–Trinajstić information content (AvgIpc) is 3.17. The summed E-state index contributed by atoms with van der Waals surface area (Å²) in [6.07, 6.45) is -1.03. The van der Waals surface area contributed by atoms with Crippen molar-refractivity contribution in [1.82, 2.24) is 23.6 Å². The van der Waals surface area contributed by atoms with E-state index < -0.39 is 23.3 Å². The van der Waals surface area contributed by atoms with Crippen LogP contribution < -0.4 is 16.1 Å². The molecular weight excluding hydrogens is 408 g/mol. The molecule has 12 heteroatoms. The molecule has 3 aromatic rings. The minimum absolute atomic E-state index is 0.0388. The third kappa shape index (κ3) is 3.12. The van der Waals surface area contributed by atoms with Crippen molar-refractivity contribution in [3.8, 4) is 5.69 Å². The van der Waals surface area contributed by atoms with Gasteiger partial charge >= 0.3 is 17.8 Å². The Labute approximate surface area is 174 Å². The van der Waals surface area contributed by atoms with Gasteiger partial charge in [-0.1, -0.05) is 12.1 Å². The lowest BCUT2D eigenvalue weighted by Gasteiger charge is -2.34. The topological polar surface area (TPSA) is 143 Å². The van der Waals surface area contributed by atoms with Crippen molar-refractivity contribution >= 4 is 29.2 Å². The molecule has 0 saturated carbocycles. The fourth-order valence-corrected chi connectivity index (χ4v) is 3.77. The first-order chi connectivity index (χ1) is 14.7. The highest BCUT2D eigenvalue weighted by Gasteiger charge is 2.29. The van der Waals surface area contributed by atoms with E-state index in [4.69, 9.17) is 0 Å². The largest absolute Gasteiger partial charge is 0.478 e. The number of carbonyl (C=O) groups is 2. The van der Waals surface area contributed by atoms with Crippen molar-refractivity contribution in [3.05, 3.63) is 50.7 Å². The number of aryl methyl sites for hydroxylation is 1. The number of rotatable bonds is 3. The first-order valence-corrected chi connectivity index (χ1v) is 9.46. The second-order valence-electron chi connectivity index (χ2n) is 7.20. The molecule has 0 unspecified atom stereocenters. The van der Waals surface area contributed by atoms with E-state index in [9.17, 15) is 29.4 Å². The number of imidazole rings is 1. The Bertz CT molecular complexity index is 1330. The molecule has 2 aromatic heterocycles. The van der Waals surface area contributed by atoms with Gasteiger partial charge in [0, 0.05) is 40.3 Å². The molecule has 162 valence electrons. The Morgan fingerprint density at radius 2 is 1.61 bits per heavy atom. The fraction of sp³-hybridized carbons (Fsp3) is 0.316. The zero-order chi connectivity index (χ0) is 22.4. The van der Waals surface area contributed by atoms with Crippen molar-refractivity contribution in [3.63, 3.8) is 0 Å². The molecule has 1 aliphatic heterocycles. The van der Waals surface area contributed by atoms with E-state index in [2.05, 4.69) is 4.98 Å². The molecule has 1 amide bonds. The summed E-state index contributed by atoms with van der Waals surface area (Å²) in [5.74, 6) is -0.909. The average molecular weight is 428 g/mol. The highest BCUT2D eigenvalue weighted by molar-refractivity contribution is 5.93. The first kappa shape index (κ1) is 20.2. The van der Waals surface area contributed by atoms with Crippen LogP contribution >= 0.6 is 0 Å². The van der Waals surface area contributed by atoms with Gasteiger partial charge in [-0.15, -0.1) is 0 Å². The molecule has 0 bridgehead atoms. The molecule has 1 fully saturated rings. The number of hydrogen-bond donors (Lipinski definition) is 2. The van der Waals surface area contributed by atoms with Crippen LogP contribution in [-0.2, 0) is 14.1 Å². The van der Waals surface area contributed by atoms with Crippen LogP contribution in [0.4, 0.5) is 10.7 Å². The Balaban J connectivity index is 2.03. The molecule has 0 aliphatic carbocycles. The highest BCUT2D eigenvalue weighted by atomic mass is 16.4. The van der Waals surface area contributed by atoms with Gasteiger partial charge in [0.15, 0.2) is 11.2 Å². The van der Waals surface area contributed by atoms with E-state index in [1.54, 1.807) is 23.1 Å². The van der Waals surface area contributed by atoms with Gasteiger partial charge in [-0.05, 0) is 12.1 Å². The van der Waals surface area contributed by atoms with Gasteiger partial charge in [-0.3, -0.25) is 18.5 Å². The van der Waals surface area contributed by atoms with Gasteiger partial charge in [-0.25, -0.2) is 14.4 Å². The number of amides is 1. The standard InChI is InChI=1S/C19H20N6O6/c1-21-14-13(15(26)22(2)18(21)29)25(12-6-4-3-5-11(12)16(27)28)17(20-14)23-7-9-24(10-8-23)19(30)31/h3-6H,7-10H2,1-2H3,(H,27,28)(H,30,31). The Hall–Kier alpha value is -4.09. The summed E-state index contributed by atoms with van der Waals surface area (Å²) in [5, 5.41) is 18.9. The van der Waals surface area contributed by atoms with E-state index >= 15 is 0 Å². The molecule has 1 saturated heterocycles. The van der Waals surface area contributed by atoms with Crippen LogP contribution in [0.1, 0.15) is 10.4 Å². The lowest BCUT2D eigenvalue weighted by molar-refractivity contribution is 0.0697. The number of carboxylic acid groups (broad SMARTS) is 2. The van der Waals surface area contributed by atoms with Gasteiger partial charge in [0.05, 0.1) is 11.3 Å². The normalized spacial score (nSPS) is 14.3. The minimum atomic E-state index is -1.18. The van der Waals surface area contributed by atoms with Gasteiger partial charge in [0.25, 0.3) is 5.56 Å². The SMILES string of the molecule is Cn1c(=O)c2c(nc(N3CCN(C(=O)O)CC3)n2-c2ccccc2C(=O)O)n(C)c1=O. The maximum atomic E-state index is 13.1. The number of benzene rings is 1. The van der Waals surface area contributed by atoms with Gasteiger partial charge < -0.3 is 20.0 Å². The predicted molar refractivity (Wildman–Crippen MR) is 110 cm³/mol. The molecule has 0 atom stereocenters. The number of carboxylic acids is 1. The van der Waals surface area contributed by atoms with E-state index in [0.717, 1.165) is 4.57 Å². The first-order valence-electron chi connectivity index (χ1n) is 9.46. The zero-order valence-electron chi connectivity index (χ0n) is 16.8. The van der Waals surface area contributed by atoms with Gasteiger partial charge in [0.2, 0.25) is 5.95 Å². The van der Waals surface area contributed by atoms with E-state index in [0.29, 0.717) is 13.1 Å². The maximum absolute atomic E-state index is 13.1. The maximum Gasteiger partial charge on any atom is 0.407 e. The highest BCUT2D eigenvalue weighted by Crippen LogP contribution is 2.27. The number of fused-ring (bicyclic) bond motifs is 1. The predicted octanol–water partition coefficient (Wildman–Crippen LogP) is -0.0789. The lowest BCUT2D eigenvalue weighted by Crippen LogP contribution is -2.49. The number of anilines is 1. The number of aromatic nitrogens is 4. The van der Waals surface area contributed by atoms with Crippen LogP contribution in [0.25, 0.3) is 16.9 Å². The monoisotopic (exact) mass is 428 g/mol. The van der Waals surface area contributed by atoms with Crippen LogP contribution in [0, 0.1) is 0 Å². The minimum Gasteiger partial charge on any atom is -0.478 e. The molecule has 4 rings (SSSR count). The summed E-state index contributed by atoms with van der Waals surface area (Å²) in [7, 11) is 2.83. The third-order valence-corrected chi connectivity index (χ3v) is 5.45. The quantitative estimate of drug-likeness (QED) is 0.590. The summed E-state index contributed by atoms with van der Waals surface area (Å²) in [6, 6.07) is 6.20. The Morgan fingerprint density at radius 3 is 2.23 bits per heavy atom. The number of hydrogen-bond acceptors (Lipinski definition) is 6. The Kier molecular flexibility index (Phi) is 4.76. The molecule has 0 spiro atoms. The zero-order valence-corrected chi connectivity index (χ0v) is 16.8. The van der Waals surface area contributed by atoms with Crippen LogP contribution in [0.15, 0.2) is 33.9 Å². The second-order valence-corrected chi connectivity index (χ2v) is 7.20. The number of para-hydroxylation sites is 1.